The minimum atomic E-state index is -0.743. The Hall–Kier alpha value is -2.87. The van der Waals surface area contributed by atoms with Gasteiger partial charge in [0.25, 0.3) is 0 Å². The van der Waals surface area contributed by atoms with Crippen molar-refractivity contribution in [2.45, 2.75) is 13.3 Å². The molecule has 0 aliphatic heterocycles. The lowest BCUT2D eigenvalue weighted by atomic mass is 10.1. The summed E-state index contributed by atoms with van der Waals surface area (Å²) in [5.74, 6) is -0.671. The van der Waals surface area contributed by atoms with Crippen LogP contribution in [-0.2, 0) is 20.7 Å². The van der Waals surface area contributed by atoms with E-state index in [0.717, 1.165) is 4.88 Å². The molecule has 0 saturated carbocycles. The maximum atomic E-state index is 12.3. The number of amides is 1. The zero-order valence-corrected chi connectivity index (χ0v) is 15.5. The Balaban J connectivity index is 2.29. The third-order valence-electron chi connectivity index (χ3n) is 3.34. The van der Waals surface area contributed by atoms with Crippen LogP contribution in [0.25, 0.3) is 0 Å². The van der Waals surface area contributed by atoms with E-state index < -0.39 is 5.97 Å². The molecule has 7 nitrogen and oxygen atoms in total. The molecular weight excluding hydrogens is 358 g/mol. The van der Waals surface area contributed by atoms with Crippen LogP contribution in [-0.4, -0.2) is 38.5 Å². The summed E-state index contributed by atoms with van der Waals surface area (Å²) in [4.78, 5) is 36.6. The highest BCUT2D eigenvalue weighted by Gasteiger charge is 2.20. The molecule has 8 heteroatoms. The molecule has 0 unspecified atom stereocenters. The third-order valence-corrected chi connectivity index (χ3v) is 4.22. The number of anilines is 1. The van der Waals surface area contributed by atoms with Crippen molar-refractivity contribution in [1.29, 1.82) is 0 Å². The number of hydrogen-bond acceptors (Lipinski definition) is 7. The Morgan fingerprint density at radius 2 is 1.81 bits per heavy atom. The van der Waals surface area contributed by atoms with Gasteiger partial charge >= 0.3 is 5.97 Å². The van der Waals surface area contributed by atoms with Crippen molar-refractivity contribution < 1.29 is 28.6 Å². The molecule has 2 aromatic rings. The number of hydrogen-bond donors (Lipinski definition) is 1. The Bertz CT molecular complexity index is 800. The second kappa shape index (κ2) is 9.00. The second-order valence-electron chi connectivity index (χ2n) is 5.34. The molecule has 1 N–H and O–H groups in total. The van der Waals surface area contributed by atoms with E-state index in [1.165, 1.54) is 44.6 Å². The van der Waals surface area contributed by atoms with Crippen molar-refractivity contribution in [3.8, 4) is 11.5 Å². The van der Waals surface area contributed by atoms with Crippen LogP contribution in [0.4, 0.5) is 5.69 Å². The molecule has 1 heterocycles. The van der Waals surface area contributed by atoms with Crippen LogP contribution in [0.15, 0.2) is 29.6 Å². The van der Waals surface area contributed by atoms with Gasteiger partial charge in [0.1, 0.15) is 6.61 Å². The van der Waals surface area contributed by atoms with E-state index in [1.807, 2.05) is 17.5 Å². The fourth-order valence-electron chi connectivity index (χ4n) is 2.16. The monoisotopic (exact) mass is 377 g/mol. The van der Waals surface area contributed by atoms with Gasteiger partial charge in [-0.1, -0.05) is 6.07 Å². The minimum Gasteiger partial charge on any atom is -0.493 e. The highest BCUT2D eigenvalue weighted by Crippen LogP contribution is 2.34. The van der Waals surface area contributed by atoms with Gasteiger partial charge in [-0.25, -0.2) is 4.79 Å². The second-order valence-corrected chi connectivity index (χ2v) is 6.37. The Morgan fingerprint density at radius 3 is 2.38 bits per heavy atom. The molecule has 1 aromatic carbocycles. The number of thiophene rings is 1. The van der Waals surface area contributed by atoms with Crippen molar-refractivity contribution in [1.82, 2.24) is 0 Å². The predicted molar refractivity (Wildman–Crippen MR) is 97.2 cm³/mol. The summed E-state index contributed by atoms with van der Waals surface area (Å²) < 4.78 is 15.4. The third kappa shape index (κ3) is 5.06. The highest BCUT2D eigenvalue weighted by atomic mass is 32.1. The number of nitrogens with one attached hydrogen (secondary N) is 1. The molecule has 0 saturated heterocycles. The lowest BCUT2D eigenvalue weighted by Gasteiger charge is -2.15. The van der Waals surface area contributed by atoms with Crippen molar-refractivity contribution in [2.24, 2.45) is 0 Å². The normalized spacial score (nSPS) is 10.1. The van der Waals surface area contributed by atoms with Gasteiger partial charge in [-0.15, -0.1) is 11.3 Å². The molecule has 2 rings (SSSR count). The van der Waals surface area contributed by atoms with Gasteiger partial charge in [-0.2, -0.15) is 0 Å². The molecule has 0 fully saturated rings. The van der Waals surface area contributed by atoms with Gasteiger partial charge in [0.2, 0.25) is 5.91 Å². The first kappa shape index (κ1) is 19.5. The van der Waals surface area contributed by atoms with Gasteiger partial charge in [0, 0.05) is 17.0 Å². The fourth-order valence-corrected chi connectivity index (χ4v) is 2.87. The summed E-state index contributed by atoms with van der Waals surface area (Å²) in [7, 11) is 2.88. The smallest absolute Gasteiger partial charge is 0.340 e. The first-order valence-corrected chi connectivity index (χ1v) is 8.57. The molecule has 0 bridgehead atoms. The van der Waals surface area contributed by atoms with Crippen LogP contribution in [0.5, 0.6) is 11.5 Å². The maximum absolute atomic E-state index is 12.3. The van der Waals surface area contributed by atoms with Gasteiger partial charge < -0.3 is 19.5 Å². The molecule has 0 aliphatic rings. The van der Waals surface area contributed by atoms with Crippen LogP contribution >= 0.6 is 11.3 Å². The largest absolute Gasteiger partial charge is 0.493 e. The van der Waals surface area contributed by atoms with E-state index in [0.29, 0.717) is 11.5 Å². The topological polar surface area (TPSA) is 90.9 Å². The predicted octanol–water partition coefficient (Wildman–Crippen LogP) is 2.69. The van der Waals surface area contributed by atoms with Crippen molar-refractivity contribution in [2.75, 3.05) is 26.1 Å². The molecule has 1 amide bonds. The summed E-state index contributed by atoms with van der Waals surface area (Å²) in [6.07, 6.45) is 0.175. The molecule has 0 aliphatic carbocycles. The van der Waals surface area contributed by atoms with Gasteiger partial charge in [0.05, 0.1) is 31.9 Å². The van der Waals surface area contributed by atoms with E-state index in [1.54, 1.807) is 0 Å². The van der Waals surface area contributed by atoms with E-state index in [-0.39, 0.29) is 36.0 Å². The van der Waals surface area contributed by atoms with Crippen molar-refractivity contribution in [3.63, 3.8) is 0 Å². The van der Waals surface area contributed by atoms with Crippen LogP contribution in [0.1, 0.15) is 22.2 Å². The van der Waals surface area contributed by atoms with Crippen LogP contribution in [0.3, 0.4) is 0 Å². The number of rotatable bonds is 8. The number of ether oxygens (including phenoxy) is 3. The van der Waals surface area contributed by atoms with E-state index >= 15 is 0 Å². The molecular formula is C18H19NO6S. The summed E-state index contributed by atoms with van der Waals surface area (Å²) in [5, 5.41) is 4.57. The summed E-state index contributed by atoms with van der Waals surface area (Å²) in [6.45, 7) is 0.960. The first-order valence-electron chi connectivity index (χ1n) is 7.69. The number of ketones is 1. The number of benzene rings is 1. The molecule has 1 aromatic heterocycles. The Morgan fingerprint density at radius 1 is 1.12 bits per heavy atom. The molecule has 26 heavy (non-hydrogen) atoms. The van der Waals surface area contributed by atoms with E-state index in [9.17, 15) is 14.4 Å². The number of esters is 1. The average molecular weight is 377 g/mol. The van der Waals surface area contributed by atoms with Crippen LogP contribution in [0.2, 0.25) is 0 Å². The standard InChI is InChI=1S/C18H19NO6S/c1-11(20)10-25-18(22)13-8-15(23-2)16(24-3)9-14(13)19-17(21)7-12-5-4-6-26-12/h4-6,8-9H,7,10H2,1-3H3,(H,19,21). The number of carbonyl (C=O) groups excluding carboxylic acids is 3. The van der Waals surface area contributed by atoms with Crippen LogP contribution < -0.4 is 14.8 Å². The van der Waals surface area contributed by atoms with Gasteiger partial charge in [-0.05, 0) is 18.4 Å². The van der Waals surface area contributed by atoms with Crippen molar-refractivity contribution in [3.05, 3.63) is 40.1 Å². The number of carbonyl (C=O) groups is 3. The molecule has 0 spiro atoms. The molecule has 0 atom stereocenters. The van der Waals surface area contributed by atoms with Gasteiger partial charge in [-0.3, -0.25) is 9.59 Å². The van der Waals surface area contributed by atoms with E-state index in [2.05, 4.69) is 5.32 Å². The quantitative estimate of drug-likeness (QED) is 0.711. The Kier molecular flexibility index (Phi) is 6.74. The molecule has 0 radical (unpaired) electrons. The van der Waals surface area contributed by atoms with E-state index in [4.69, 9.17) is 14.2 Å². The van der Waals surface area contributed by atoms with Gasteiger partial charge in [0.15, 0.2) is 17.3 Å². The van der Waals surface area contributed by atoms with Crippen molar-refractivity contribution >= 4 is 34.7 Å². The zero-order valence-electron chi connectivity index (χ0n) is 14.7. The highest BCUT2D eigenvalue weighted by molar-refractivity contribution is 7.10. The number of methoxy groups -OCH3 is 2. The molecule has 138 valence electrons. The number of Topliss-reactive ketones (excluding diaryl/α,β-unsaturated/α-hetero) is 1. The summed E-state index contributed by atoms with van der Waals surface area (Å²) in [5.41, 5.74) is 0.293. The lowest BCUT2D eigenvalue weighted by molar-refractivity contribution is -0.120. The van der Waals surface area contributed by atoms with Crippen LogP contribution in [0, 0.1) is 0 Å². The Labute approximate surface area is 154 Å². The summed E-state index contributed by atoms with van der Waals surface area (Å²) >= 11 is 1.46. The fraction of sp³-hybridized carbons (Fsp3) is 0.278. The minimum absolute atomic E-state index is 0.0726. The SMILES string of the molecule is COc1cc(NC(=O)Cc2cccs2)c(C(=O)OCC(C)=O)cc1OC. The maximum Gasteiger partial charge on any atom is 0.340 e. The first-order chi connectivity index (χ1) is 12.4. The average Bonchev–Trinajstić information content (AvgIpc) is 3.11. The zero-order chi connectivity index (χ0) is 19.1. The lowest BCUT2D eigenvalue weighted by Crippen LogP contribution is -2.18. The summed E-state index contributed by atoms with van der Waals surface area (Å²) in [6, 6.07) is 6.59.